The Morgan fingerprint density at radius 3 is 2.71 bits per heavy atom. The topological polar surface area (TPSA) is 76.7 Å². The molecule has 2 amide bonds. The van der Waals surface area contributed by atoms with Crippen LogP contribution in [0.1, 0.15) is 34.3 Å². The Balaban J connectivity index is 1.20. The number of hydrogen-bond donors (Lipinski definition) is 2. The summed E-state index contributed by atoms with van der Waals surface area (Å²) < 4.78 is 11.0. The molecule has 0 saturated heterocycles. The van der Waals surface area contributed by atoms with Crippen LogP contribution < -0.4 is 20.1 Å². The van der Waals surface area contributed by atoms with Crippen molar-refractivity contribution in [1.29, 1.82) is 0 Å². The molecule has 0 aromatic heterocycles. The fourth-order valence-electron chi connectivity index (χ4n) is 3.15. The second-order valence-corrected chi connectivity index (χ2v) is 7.20. The lowest BCUT2D eigenvalue weighted by molar-refractivity contribution is -0.123. The highest BCUT2D eigenvalue weighted by molar-refractivity contribution is 5.94. The molecule has 0 spiro atoms. The summed E-state index contributed by atoms with van der Waals surface area (Å²) in [5, 5.41) is 5.84. The third-order valence-electron chi connectivity index (χ3n) is 4.89. The van der Waals surface area contributed by atoms with E-state index < -0.39 is 0 Å². The Morgan fingerprint density at radius 1 is 1.11 bits per heavy atom. The summed E-state index contributed by atoms with van der Waals surface area (Å²) in [5.41, 5.74) is 2.85. The van der Waals surface area contributed by atoms with Gasteiger partial charge >= 0.3 is 0 Å². The van der Waals surface area contributed by atoms with E-state index in [9.17, 15) is 9.59 Å². The van der Waals surface area contributed by atoms with E-state index in [1.54, 1.807) is 6.07 Å². The van der Waals surface area contributed by atoms with Crippen LogP contribution in [0.3, 0.4) is 0 Å². The molecule has 0 bridgehead atoms. The molecular formula is C22H24N2O4. The number of carbonyl (C=O) groups excluding carboxylic acids is 2. The predicted molar refractivity (Wildman–Crippen MR) is 105 cm³/mol. The molecule has 0 radical (unpaired) electrons. The molecule has 6 heteroatoms. The number of fused-ring (bicyclic) bond motifs is 1. The molecule has 6 nitrogen and oxygen atoms in total. The maximum atomic E-state index is 12.3. The van der Waals surface area contributed by atoms with Crippen molar-refractivity contribution in [2.75, 3.05) is 19.8 Å². The fourth-order valence-corrected chi connectivity index (χ4v) is 3.15. The van der Waals surface area contributed by atoms with Gasteiger partial charge < -0.3 is 20.1 Å². The number of amides is 2. The fraction of sp³-hybridized carbons (Fsp3) is 0.364. The lowest BCUT2D eigenvalue weighted by Gasteiger charge is -2.09. The maximum absolute atomic E-state index is 12.3. The van der Waals surface area contributed by atoms with Gasteiger partial charge in [-0.05, 0) is 60.7 Å². The summed E-state index contributed by atoms with van der Waals surface area (Å²) in [6.07, 6.45) is 3.71. The smallest absolute Gasteiger partial charge is 0.258 e. The molecule has 0 atom stereocenters. The maximum Gasteiger partial charge on any atom is 0.258 e. The molecule has 2 aromatic rings. The van der Waals surface area contributed by atoms with Gasteiger partial charge in [0.15, 0.2) is 6.61 Å². The average Bonchev–Trinajstić information content (AvgIpc) is 3.39. The first-order valence-electron chi connectivity index (χ1n) is 9.72. The monoisotopic (exact) mass is 380 g/mol. The SMILES string of the molecule is O=C(COc1ccc(CCNC(=O)c2ccc3c(c2)CCO3)cc1)NC1CC1. The first-order chi connectivity index (χ1) is 13.7. The van der Waals surface area contributed by atoms with Crippen molar-refractivity contribution in [2.24, 2.45) is 0 Å². The van der Waals surface area contributed by atoms with Crippen molar-refractivity contribution in [2.45, 2.75) is 31.7 Å². The van der Waals surface area contributed by atoms with Gasteiger partial charge in [-0.15, -0.1) is 0 Å². The molecular weight excluding hydrogens is 356 g/mol. The van der Waals surface area contributed by atoms with Gasteiger partial charge in [-0.2, -0.15) is 0 Å². The Bertz CT molecular complexity index is 859. The van der Waals surface area contributed by atoms with E-state index in [2.05, 4.69) is 10.6 Å². The zero-order valence-corrected chi connectivity index (χ0v) is 15.7. The van der Waals surface area contributed by atoms with Crippen LogP contribution in [0.2, 0.25) is 0 Å². The van der Waals surface area contributed by atoms with Crippen molar-refractivity contribution in [1.82, 2.24) is 10.6 Å². The normalized spacial score (nSPS) is 14.7. The third kappa shape index (κ3) is 4.82. The average molecular weight is 380 g/mol. The summed E-state index contributed by atoms with van der Waals surface area (Å²) in [5.74, 6) is 1.40. The minimum absolute atomic E-state index is 0.0394. The number of rotatable bonds is 8. The molecule has 2 aliphatic rings. The molecule has 1 fully saturated rings. The van der Waals surface area contributed by atoms with Crippen molar-refractivity contribution < 1.29 is 19.1 Å². The highest BCUT2D eigenvalue weighted by Gasteiger charge is 2.23. The Kier molecular flexibility index (Phi) is 5.46. The van der Waals surface area contributed by atoms with Crippen LogP contribution in [0.25, 0.3) is 0 Å². The highest BCUT2D eigenvalue weighted by atomic mass is 16.5. The number of ether oxygens (including phenoxy) is 2. The Hall–Kier alpha value is -3.02. The van der Waals surface area contributed by atoms with E-state index in [0.29, 0.717) is 30.5 Å². The third-order valence-corrected chi connectivity index (χ3v) is 4.89. The van der Waals surface area contributed by atoms with E-state index in [0.717, 1.165) is 42.6 Å². The lowest BCUT2D eigenvalue weighted by Crippen LogP contribution is -2.30. The molecule has 2 N–H and O–H groups in total. The van der Waals surface area contributed by atoms with Crippen LogP contribution in [0.5, 0.6) is 11.5 Å². The first-order valence-corrected chi connectivity index (χ1v) is 9.72. The molecule has 0 unspecified atom stereocenters. The number of carbonyl (C=O) groups is 2. The van der Waals surface area contributed by atoms with E-state index in [4.69, 9.17) is 9.47 Å². The van der Waals surface area contributed by atoms with Crippen LogP contribution in [0.4, 0.5) is 0 Å². The lowest BCUT2D eigenvalue weighted by atomic mass is 10.1. The second kappa shape index (κ2) is 8.33. The number of benzene rings is 2. The molecule has 146 valence electrons. The standard InChI is InChI=1S/C22H24N2O4/c25-21(24-18-4-5-18)14-28-19-6-1-15(2-7-19)9-11-23-22(26)17-3-8-20-16(13-17)10-12-27-20/h1-3,6-8,13,18H,4-5,9-12,14H2,(H,23,26)(H,24,25). The molecule has 4 rings (SSSR count). The van der Waals surface area contributed by atoms with Gasteiger partial charge in [0.1, 0.15) is 11.5 Å². The van der Waals surface area contributed by atoms with Crippen molar-refractivity contribution in [3.05, 3.63) is 59.2 Å². The molecule has 1 saturated carbocycles. The van der Waals surface area contributed by atoms with Gasteiger partial charge in [0.05, 0.1) is 6.61 Å². The van der Waals surface area contributed by atoms with E-state index in [1.807, 2.05) is 36.4 Å². The summed E-state index contributed by atoms with van der Waals surface area (Å²) in [7, 11) is 0. The van der Waals surface area contributed by atoms with Crippen molar-refractivity contribution >= 4 is 11.8 Å². The van der Waals surface area contributed by atoms with Gasteiger partial charge in [-0.25, -0.2) is 0 Å². The van der Waals surface area contributed by atoms with Crippen LogP contribution >= 0.6 is 0 Å². The minimum Gasteiger partial charge on any atom is -0.493 e. The highest BCUT2D eigenvalue weighted by Crippen LogP contribution is 2.25. The zero-order valence-electron chi connectivity index (χ0n) is 15.7. The number of nitrogens with one attached hydrogen (secondary N) is 2. The quantitative estimate of drug-likeness (QED) is 0.737. The summed E-state index contributed by atoms with van der Waals surface area (Å²) >= 11 is 0. The summed E-state index contributed by atoms with van der Waals surface area (Å²) in [4.78, 5) is 23.9. The first kappa shape index (κ1) is 18.3. The van der Waals surface area contributed by atoms with Crippen LogP contribution in [-0.4, -0.2) is 37.6 Å². The van der Waals surface area contributed by atoms with Crippen molar-refractivity contribution in [3.63, 3.8) is 0 Å². The largest absolute Gasteiger partial charge is 0.493 e. The van der Waals surface area contributed by atoms with Gasteiger partial charge in [-0.3, -0.25) is 9.59 Å². The summed E-state index contributed by atoms with van der Waals surface area (Å²) in [6.45, 7) is 1.28. The zero-order chi connectivity index (χ0) is 19.3. The van der Waals surface area contributed by atoms with Crippen LogP contribution in [0.15, 0.2) is 42.5 Å². The van der Waals surface area contributed by atoms with Crippen LogP contribution in [-0.2, 0) is 17.6 Å². The van der Waals surface area contributed by atoms with E-state index >= 15 is 0 Å². The second-order valence-electron chi connectivity index (χ2n) is 7.20. The van der Waals surface area contributed by atoms with Gasteiger partial charge in [0.25, 0.3) is 11.8 Å². The van der Waals surface area contributed by atoms with Gasteiger partial charge in [-0.1, -0.05) is 12.1 Å². The summed E-state index contributed by atoms with van der Waals surface area (Å²) in [6, 6.07) is 13.5. The number of hydrogen-bond acceptors (Lipinski definition) is 4. The molecule has 1 aliphatic heterocycles. The molecule has 28 heavy (non-hydrogen) atoms. The molecule has 2 aromatic carbocycles. The Morgan fingerprint density at radius 2 is 1.93 bits per heavy atom. The van der Waals surface area contributed by atoms with Crippen LogP contribution in [0, 0.1) is 0 Å². The molecule has 1 heterocycles. The van der Waals surface area contributed by atoms with E-state index in [1.165, 1.54) is 0 Å². The van der Waals surface area contributed by atoms with Gasteiger partial charge in [0.2, 0.25) is 0 Å². The van der Waals surface area contributed by atoms with E-state index in [-0.39, 0.29) is 18.4 Å². The predicted octanol–water partition coefficient (Wildman–Crippen LogP) is 2.25. The van der Waals surface area contributed by atoms with Gasteiger partial charge in [0, 0.05) is 24.6 Å². The Labute approximate surface area is 164 Å². The molecule has 1 aliphatic carbocycles. The minimum atomic E-state index is -0.0765. The van der Waals surface area contributed by atoms with Crippen molar-refractivity contribution in [3.8, 4) is 11.5 Å².